The number of piperazine rings is 1. The van der Waals surface area contributed by atoms with Crippen LogP contribution in [0.2, 0.25) is 10.0 Å². The molecular formula is C22H22Cl2N4O4. The van der Waals surface area contributed by atoms with Crippen LogP contribution in [0.25, 0.3) is 0 Å². The van der Waals surface area contributed by atoms with Gasteiger partial charge in [0.05, 0.1) is 12.2 Å². The van der Waals surface area contributed by atoms with Crippen molar-refractivity contribution in [2.24, 2.45) is 7.05 Å². The second-order valence-electron chi connectivity index (χ2n) is 7.56. The summed E-state index contributed by atoms with van der Waals surface area (Å²) in [6.45, 7) is 1.97. The van der Waals surface area contributed by atoms with Crippen molar-refractivity contribution in [2.45, 2.75) is 6.04 Å². The maximum absolute atomic E-state index is 12.5. The fourth-order valence-electron chi connectivity index (χ4n) is 3.81. The summed E-state index contributed by atoms with van der Waals surface area (Å²) in [5, 5.41) is 11.1. The van der Waals surface area contributed by atoms with Gasteiger partial charge in [-0.2, -0.15) is 0 Å². The molecule has 1 aromatic heterocycles. The fraction of sp³-hybridized carbons (Fsp3) is 0.273. The number of aromatic nitrogens is 2. The quantitative estimate of drug-likeness (QED) is 0.625. The molecule has 1 N–H and O–H groups in total. The Balaban J connectivity index is 1.49. The maximum Gasteiger partial charge on any atom is 0.434 e. The second kappa shape index (κ2) is 9.28. The van der Waals surface area contributed by atoms with E-state index in [1.807, 2.05) is 48.5 Å². The molecule has 1 aliphatic heterocycles. The number of amides is 1. The van der Waals surface area contributed by atoms with Crippen molar-refractivity contribution in [3.8, 4) is 5.88 Å². The third-order valence-corrected chi connectivity index (χ3v) is 5.98. The molecule has 2 heterocycles. The second-order valence-corrected chi connectivity index (χ2v) is 8.43. The van der Waals surface area contributed by atoms with Gasteiger partial charge in [0.25, 0.3) is 0 Å². The summed E-state index contributed by atoms with van der Waals surface area (Å²) >= 11 is 12.2. The minimum Gasteiger partial charge on any atom is -0.491 e. The number of aryl methyl sites for hydroxylation is 1. The van der Waals surface area contributed by atoms with Gasteiger partial charge in [0.1, 0.15) is 0 Å². The van der Waals surface area contributed by atoms with E-state index in [1.54, 1.807) is 0 Å². The largest absolute Gasteiger partial charge is 0.491 e. The Morgan fingerprint density at radius 2 is 1.44 bits per heavy atom. The molecule has 0 saturated carbocycles. The van der Waals surface area contributed by atoms with Gasteiger partial charge in [0, 0.05) is 43.3 Å². The molecule has 0 bridgehead atoms. The Kier molecular flexibility index (Phi) is 6.45. The van der Waals surface area contributed by atoms with E-state index in [0.717, 1.165) is 15.7 Å². The van der Waals surface area contributed by atoms with E-state index < -0.39 is 17.7 Å². The first-order valence-corrected chi connectivity index (χ1v) is 10.8. The van der Waals surface area contributed by atoms with Crippen molar-refractivity contribution in [2.75, 3.05) is 26.2 Å². The average Bonchev–Trinajstić information content (AvgIpc) is 3.03. The Morgan fingerprint density at radius 1 is 0.938 bits per heavy atom. The lowest BCUT2D eigenvalue weighted by Crippen LogP contribution is -2.52. The fourth-order valence-corrected chi connectivity index (χ4v) is 4.06. The Morgan fingerprint density at radius 3 is 1.88 bits per heavy atom. The van der Waals surface area contributed by atoms with Crippen LogP contribution in [0.4, 0.5) is 4.79 Å². The average molecular weight is 477 g/mol. The number of benzene rings is 2. The molecule has 0 atom stereocenters. The van der Waals surface area contributed by atoms with E-state index in [-0.39, 0.29) is 6.04 Å². The van der Waals surface area contributed by atoms with E-state index >= 15 is 0 Å². The first-order chi connectivity index (χ1) is 15.3. The number of aromatic hydroxyl groups is 1. The lowest BCUT2D eigenvalue weighted by Gasteiger charge is -2.39. The number of hydrogen-bond acceptors (Lipinski definition) is 5. The highest BCUT2D eigenvalue weighted by molar-refractivity contribution is 6.30. The molecule has 1 fully saturated rings. The Bertz CT molecular complexity index is 1100. The van der Waals surface area contributed by atoms with Crippen molar-refractivity contribution in [1.29, 1.82) is 0 Å². The van der Waals surface area contributed by atoms with Crippen LogP contribution >= 0.6 is 23.2 Å². The van der Waals surface area contributed by atoms with Crippen LogP contribution in [0.5, 0.6) is 5.88 Å². The minimum atomic E-state index is -0.692. The number of nitrogens with zero attached hydrogens (tertiary/aromatic N) is 4. The lowest BCUT2D eigenvalue weighted by molar-refractivity contribution is 0.0544. The van der Waals surface area contributed by atoms with Gasteiger partial charge in [-0.1, -0.05) is 52.2 Å². The van der Waals surface area contributed by atoms with Crippen molar-refractivity contribution < 1.29 is 14.7 Å². The van der Waals surface area contributed by atoms with Gasteiger partial charge in [-0.25, -0.2) is 9.59 Å². The molecule has 0 radical (unpaired) electrons. The summed E-state index contributed by atoms with van der Waals surface area (Å²) < 4.78 is 1.71. The number of halogens is 2. The number of carbonyl (C=O) groups excluding carboxylic acids is 1. The molecule has 2 aromatic carbocycles. The predicted molar refractivity (Wildman–Crippen MR) is 121 cm³/mol. The molecule has 0 spiro atoms. The first-order valence-electron chi connectivity index (χ1n) is 10.0. The summed E-state index contributed by atoms with van der Waals surface area (Å²) in [5.74, 6) is -0.435. The highest BCUT2D eigenvalue weighted by atomic mass is 35.5. The van der Waals surface area contributed by atoms with Gasteiger partial charge < -0.3 is 14.8 Å². The predicted octanol–water partition coefficient (Wildman–Crippen LogP) is 3.16. The zero-order valence-corrected chi connectivity index (χ0v) is 18.8. The minimum absolute atomic E-state index is 0.0384. The lowest BCUT2D eigenvalue weighted by atomic mass is 9.96. The molecular weight excluding hydrogens is 455 g/mol. The van der Waals surface area contributed by atoms with Crippen LogP contribution in [-0.2, 0) is 7.05 Å². The van der Waals surface area contributed by atoms with E-state index in [0.29, 0.717) is 41.0 Å². The molecule has 32 heavy (non-hydrogen) atoms. The number of rotatable bonds is 4. The molecule has 8 nitrogen and oxygen atoms in total. The molecule has 168 valence electrons. The highest BCUT2D eigenvalue weighted by Gasteiger charge is 2.30. The monoisotopic (exact) mass is 476 g/mol. The number of imidazole rings is 1. The van der Waals surface area contributed by atoms with E-state index in [1.165, 1.54) is 18.1 Å². The maximum atomic E-state index is 12.5. The zero-order valence-electron chi connectivity index (χ0n) is 17.3. The zero-order chi connectivity index (χ0) is 22.8. The van der Waals surface area contributed by atoms with Crippen molar-refractivity contribution in [1.82, 2.24) is 19.1 Å². The normalized spacial score (nSPS) is 14.7. The third kappa shape index (κ3) is 4.62. The van der Waals surface area contributed by atoms with Crippen molar-refractivity contribution in [3.63, 3.8) is 0 Å². The highest BCUT2D eigenvalue weighted by Crippen LogP contribution is 2.31. The first kappa shape index (κ1) is 22.3. The van der Waals surface area contributed by atoms with E-state index in [9.17, 15) is 14.7 Å². The number of carbonyl (C=O) groups is 1. The number of hydrogen-bond donors (Lipinski definition) is 1. The molecule has 3 aromatic rings. The van der Waals surface area contributed by atoms with Crippen LogP contribution in [-0.4, -0.2) is 56.5 Å². The van der Waals surface area contributed by atoms with Gasteiger partial charge in [-0.05, 0) is 35.4 Å². The van der Waals surface area contributed by atoms with Gasteiger partial charge in [-0.15, -0.1) is 0 Å². The Hall–Kier alpha value is -2.94. The molecule has 0 unspecified atom stereocenters. The summed E-state index contributed by atoms with van der Waals surface area (Å²) in [4.78, 5) is 33.4. The summed E-state index contributed by atoms with van der Waals surface area (Å²) in [5.41, 5.74) is 1.52. The van der Waals surface area contributed by atoms with Gasteiger partial charge in [-0.3, -0.25) is 9.47 Å². The van der Waals surface area contributed by atoms with E-state index in [4.69, 9.17) is 28.0 Å². The topological polar surface area (TPSA) is 79.9 Å². The van der Waals surface area contributed by atoms with Crippen molar-refractivity contribution >= 4 is 29.3 Å². The smallest absolute Gasteiger partial charge is 0.434 e. The summed E-state index contributed by atoms with van der Waals surface area (Å²) in [7, 11) is 1.46. The third-order valence-electron chi connectivity index (χ3n) is 5.47. The van der Waals surface area contributed by atoms with Crippen LogP contribution < -0.4 is 10.5 Å². The molecule has 1 saturated heterocycles. The van der Waals surface area contributed by atoms with Gasteiger partial charge in [0.15, 0.2) is 0 Å². The van der Waals surface area contributed by atoms with Gasteiger partial charge >= 0.3 is 11.8 Å². The summed E-state index contributed by atoms with van der Waals surface area (Å²) in [6, 6.07) is 15.4. The van der Waals surface area contributed by atoms with Crippen LogP contribution in [0.15, 0.2) is 59.5 Å². The molecule has 4 rings (SSSR count). The molecule has 0 aliphatic carbocycles. The SMILES string of the molecule is Cn1cc(O)n(OC(=O)N2CCN(C(c3ccc(Cl)cc3)c3ccc(Cl)cc3)CC2)c1=O. The summed E-state index contributed by atoms with van der Waals surface area (Å²) in [6.07, 6.45) is 0.485. The molecule has 10 heteroatoms. The molecule has 1 aliphatic rings. The van der Waals surface area contributed by atoms with Crippen molar-refractivity contribution in [3.05, 3.63) is 86.4 Å². The van der Waals surface area contributed by atoms with Gasteiger partial charge in [0.2, 0.25) is 5.88 Å². The Labute approximate surface area is 194 Å². The van der Waals surface area contributed by atoms with Crippen LogP contribution in [0.1, 0.15) is 17.2 Å². The van der Waals surface area contributed by atoms with Crippen LogP contribution in [0.3, 0.4) is 0 Å². The van der Waals surface area contributed by atoms with E-state index in [2.05, 4.69) is 4.90 Å². The molecule has 1 amide bonds. The van der Waals surface area contributed by atoms with Crippen LogP contribution in [0, 0.1) is 0 Å². The standard InChI is InChI=1S/C22H22Cl2N4O4/c1-25-14-19(29)28(21(25)30)32-22(31)27-12-10-26(11-13-27)20(15-2-6-17(23)7-3-15)16-4-8-18(24)9-5-16/h2-9,14,20,29H,10-13H2,1H3.